The summed E-state index contributed by atoms with van der Waals surface area (Å²) in [6.07, 6.45) is 4.15. The monoisotopic (exact) mass is 646 g/mol. The van der Waals surface area contributed by atoms with Crippen molar-refractivity contribution in [2.45, 2.75) is 59.5 Å². The molecule has 0 unspecified atom stereocenters. The predicted octanol–water partition coefficient (Wildman–Crippen LogP) is 8.36. The first-order valence-electron chi connectivity index (χ1n) is 15.7. The number of hydrogen-bond donors (Lipinski definition) is 2. The molecule has 0 saturated carbocycles. The number of pyridine rings is 1. The lowest BCUT2D eigenvalue weighted by Gasteiger charge is -2.39. The van der Waals surface area contributed by atoms with Gasteiger partial charge >= 0.3 is 12.1 Å². The third kappa shape index (κ3) is 8.79. The van der Waals surface area contributed by atoms with Crippen LogP contribution in [0.4, 0.5) is 16.3 Å². The van der Waals surface area contributed by atoms with Gasteiger partial charge in [0.1, 0.15) is 28.5 Å². The van der Waals surface area contributed by atoms with Crippen molar-refractivity contribution < 1.29 is 24.2 Å². The van der Waals surface area contributed by atoms with Crippen LogP contribution in [-0.4, -0.2) is 65.4 Å². The number of carboxylic acids is 1. The molecule has 9 nitrogen and oxygen atoms in total. The summed E-state index contributed by atoms with van der Waals surface area (Å²) in [7, 11) is 0. The Balaban J connectivity index is 1.25. The Bertz CT molecular complexity index is 1590. The van der Waals surface area contributed by atoms with E-state index in [1.54, 1.807) is 45.0 Å². The van der Waals surface area contributed by atoms with Gasteiger partial charge in [-0.2, -0.15) is 0 Å². The van der Waals surface area contributed by atoms with Crippen LogP contribution in [0.15, 0.2) is 66.4 Å². The molecule has 0 spiro atoms. The maximum absolute atomic E-state index is 12.1. The molecule has 0 radical (unpaired) electrons. The molecule has 2 heterocycles. The fraction of sp³-hybridized carbons (Fsp3) is 0.417. The summed E-state index contributed by atoms with van der Waals surface area (Å²) in [4.78, 5) is 33.1. The topological polar surface area (TPSA) is 104 Å². The van der Waals surface area contributed by atoms with E-state index < -0.39 is 17.7 Å². The highest BCUT2D eigenvalue weighted by Crippen LogP contribution is 2.43. The molecular weight excluding hydrogens is 604 g/mol. The zero-order chi connectivity index (χ0) is 33.1. The van der Waals surface area contributed by atoms with Gasteiger partial charge in [-0.05, 0) is 93.0 Å². The van der Waals surface area contributed by atoms with E-state index in [1.165, 1.54) is 29.3 Å². The number of rotatable bonds is 8. The van der Waals surface area contributed by atoms with Crippen molar-refractivity contribution in [2.75, 3.05) is 42.9 Å². The second-order valence-electron chi connectivity index (χ2n) is 13.8. The Kier molecular flexibility index (Phi) is 9.93. The van der Waals surface area contributed by atoms with Gasteiger partial charge in [-0.1, -0.05) is 43.2 Å². The summed E-state index contributed by atoms with van der Waals surface area (Å²) in [6.45, 7) is 14.4. The van der Waals surface area contributed by atoms with E-state index in [9.17, 15) is 14.7 Å². The van der Waals surface area contributed by atoms with E-state index in [0.29, 0.717) is 11.6 Å². The smallest absolute Gasteiger partial charge is 0.413 e. The normalized spacial score (nSPS) is 17.0. The second-order valence-corrected chi connectivity index (χ2v) is 14.2. The average Bonchev–Trinajstić information content (AvgIpc) is 2.98. The zero-order valence-electron chi connectivity index (χ0n) is 27.2. The Hall–Kier alpha value is -4.08. The summed E-state index contributed by atoms with van der Waals surface area (Å²) in [5.41, 5.74) is 4.82. The molecule has 2 N–H and O–H groups in total. The molecule has 2 aromatic carbocycles. The van der Waals surface area contributed by atoms with Crippen molar-refractivity contribution in [2.24, 2.45) is 5.41 Å². The minimum atomic E-state index is -1.08. The number of piperazine rings is 1. The molecular formula is C36H43ClN4O5. The number of nitrogens with one attached hydrogen (secondary N) is 1. The molecule has 1 aromatic heterocycles. The molecule has 46 heavy (non-hydrogen) atoms. The Morgan fingerprint density at radius 2 is 1.74 bits per heavy atom. The zero-order valence-corrected chi connectivity index (χ0v) is 28.0. The molecule has 1 amide bonds. The van der Waals surface area contributed by atoms with Gasteiger partial charge in [0, 0.05) is 49.5 Å². The standard InChI is InChI=1S/C36H43ClN4O5/c1-35(2,3)46-34(44)39-32-13-11-28(22-38-32)45-31-20-27(10-12-29(31)33(42)43)41-18-16-40(17-19-41)23-25-14-15-36(4,5)21-30(25)24-6-8-26(37)9-7-24/h6-13,20,22H,14-19,21,23H2,1-5H3,(H,42,43)(H,38,39,44). The predicted molar refractivity (Wildman–Crippen MR) is 182 cm³/mol. The minimum Gasteiger partial charge on any atom is -0.478 e. The van der Waals surface area contributed by atoms with Crippen molar-refractivity contribution >= 4 is 40.7 Å². The number of benzene rings is 2. The van der Waals surface area contributed by atoms with Crippen LogP contribution >= 0.6 is 11.6 Å². The number of carbonyl (C=O) groups is 2. The molecule has 10 heteroatoms. The number of carbonyl (C=O) groups excluding carboxylic acids is 1. The first-order valence-corrected chi connectivity index (χ1v) is 16.1. The summed E-state index contributed by atoms with van der Waals surface area (Å²) in [5, 5.41) is 13.2. The number of aromatic carboxylic acids is 1. The van der Waals surface area contributed by atoms with Crippen LogP contribution in [0.25, 0.3) is 5.57 Å². The number of anilines is 2. The van der Waals surface area contributed by atoms with Crippen LogP contribution in [0, 0.1) is 5.41 Å². The van der Waals surface area contributed by atoms with Gasteiger partial charge in [0.25, 0.3) is 0 Å². The molecule has 244 valence electrons. The first-order chi connectivity index (χ1) is 21.7. The molecule has 5 rings (SSSR count). The number of nitrogens with zero attached hydrogens (tertiary/aromatic N) is 3. The largest absolute Gasteiger partial charge is 0.478 e. The average molecular weight is 647 g/mol. The van der Waals surface area contributed by atoms with Crippen molar-refractivity contribution in [1.82, 2.24) is 9.88 Å². The summed E-state index contributed by atoms with van der Waals surface area (Å²) < 4.78 is 11.3. The highest BCUT2D eigenvalue weighted by atomic mass is 35.5. The molecule has 1 aliphatic carbocycles. The van der Waals surface area contributed by atoms with Gasteiger partial charge in [0.15, 0.2) is 0 Å². The van der Waals surface area contributed by atoms with Crippen LogP contribution in [0.3, 0.4) is 0 Å². The lowest BCUT2D eigenvalue weighted by atomic mass is 9.72. The van der Waals surface area contributed by atoms with E-state index in [2.05, 4.69) is 46.1 Å². The number of aromatic nitrogens is 1. The fourth-order valence-corrected chi connectivity index (χ4v) is 6.04. The lowest BCUT2D eigenvalue weighted by molar-refractivity contribution is 0.0633. The van der Waals surface area contributed by atoms with Gasteiger partial charge in [-0.15, -0.1) is 0 Å². The van der Waals surface area contributed by atoms with E-state index in [0.717, 1.165) is 56.3 Å². The summed E-state index contributed by atoms with van der Waals surface area (Å²) in [6, 6.07) is 16.6. The molecule has 3 aromatic rings. The molecule has 0 bridgehead atoms. The lowest BCUT2D eigenvalue weighted by Crippen LogP contribution is -2.47. The minimum absolute atomic E-state index is 0.0558. The number of allylic oxidation sites excluding steroid dienone is 1. The first kappa shape index (κ1) is 33.3. The highest BCUT2D eigenvalue weighted by Gasteiger charge is 2.29. The van der Waals surface area contributed by atoms with Gasteiger partial charge < -0.3 is 19.5 Å². The Morgan fingerprint density at radius 3 is 2.37 bits per heavy atom. The van der Waals surface area contributed by atoms with E-state index in [1.807, 2.05) is 18.2 Å². The van der Waals surface area contributed by atoms with Gasteiger partial charge in [-0.25, -0.2) is 14.6 Å². The van der Waals surface area contributed by atoms with Crippen LogP contribution < -0.4 is 15.0 Å². The van der Waals surface area contributed by atoms with Crippen LogP contribution in [0.2, 0.25) is 5.02 Å². The van der Waals surface area contributed by atoms with Gasteiger partial charge in [0.2, 0.25) is 0 Å². The third-order valence-electron chi connectivity index (χ3n) is 8.32. The molecule has 1 fully saturated rings. The van der Waals surface area contributed by atoms with E-state index in [-0.39, 0.29) is 16.7 Å². The molecule has 2 aliphatic rings. The maximum atomic E-state index is 12.1. The third-order valence-corrected chi connectivity index (χ3v) is 8.57. The number of halogens is 1. The van der Waals surface area contributed by atoms with Crippen molar-refractivity contribution in [3.8, 4) is 11.5 Å². The van der Waals surface area contributed by atoms with Gasteiger partial charge in [-0.3, -0.25) is 10.2 Å². The van der Waals surface area contributed by atoms with Crippen LogP contribution in [0.1, 0.15) is 69.8 Å². The number of ether oxygens (including phenoxy) is 2. The quantitative estimate of drug-likeness (QED) is 0.252. The summed E-state index contributed by atoms with van der Waals surface area (Å²) in [5.74, 6) is -0.216. The Labute approximate surface area is 276 Å². The molecule has 1 aliphatic heterocycles. The Morgan fingerprint density at radius 1 is 1.02 bits per heavy atom. The van der Waals surface area contributed by atoms with Gasteiger partial charge in [0.05, 0.1) is 6.20 Å². The molecule has 0 atom stereocenters. The van der Waals surface area contributed by atoms with Crippen molar-refractivity contribution in [3.05, 3.63) is 82.5 Å². The fourth-order valence-electron chi connectivity index (χ4n) is 5.92. The second kappa shape index (κ2) is 13.7. The van der Waals surface area contributed by atoms with E-state index in [4.69, 9.17) is 21.1 Å². The maximum Gasteiger partial charge on any atom is 0.413 e. The van der Waals surface area contributed by atoms with Crippen molar-refractivity contribution in [1.29, 1.82) is 0 Å². The highest BCUT2D eigenvalue weighted by molar-refractivity contribution is 6.30. The number of hydrogen-bond acceptors (Lipinski definition) is 7. The molecule has 1 saturated heterocycles. The SMILES string of the molecule is CC1(C)CCC(CN2CCN(c3ccc(C(=O)O)c(Oc4ccc(NC(=O)OC(C)(C)C)nc4)c3)CC2)=C(c2ccc(Cl)cc2)C1. The number of amides is 1. The van der Waals surface area contributed by atoms with Crippen molar-refractivity contribution in [3.63, 3.8) is 0 Å². The van der Waals surface area contributed by atoms with Crippen LogP contribution in [-0.2, 0) is 4.74 Å². The number of carboxylic acid groups (broad SMARTS) is 1. The summed E-state index contributed by atoms with van der Waals surface area (Å²) >= 11 is 6.19. The van der Waals surface area contributed by atoms with E-state index >= 15 is 0 Å². The van der Waals surface area contributed by atoms with Crippen LogP contribution in [0.5, 0.6) is 11.5 Å².